The third-order valence-corrected chi connectivity index (χ3v) is 11.1. The van der Waals surface area contributed by atoms with Gasteiger partial charge < -0.3 is 28.4 Å². The summed E-state index contributed by atoms with van der Waals surface area (Å²) in [6.07, 6.45) is 0. The summed E-state index contributed by atoms with van der Waals surface area (Å²) in [7, 11) is 0. The van der Waals surface area contributed by atoms with Gasteiger partial charge in [0.2, 0.25) is 0 Å². The Morgan fingerprint density at radius 3 is 1.08 bits per heavy atom. The Kier molecular flexibility index (Phi) is 13.4. The summed E-state index contributed by atoms with van der Waals surface area (Å²) < 4.78 is 35.6. The number of ether oxygens (including phenoxy) is 6. The van der Waals surface area contributed by atoms with Crippen LogP contribution < -0.4 is 50.3 Å². The van der Waals surface area contributed by atoms with E-state index in [2.05, 4.69) is 55.8 Å². The van der Waals surface area contributed by atoms with Gasteiger partial charge in [-0.2, -0.15) is 0 Å². The van der Waals surface area contributed by atoms with Crippen molar-refractivity contribution in [2.24, 2.45) is 0 Å². The number of halogens is 2. The number of rotatable bonds is 9. The first-order chi connectivity index (χ1) is 31.6. The average molecular weight is 964 g/mol. The summed E-state index contributed by atoms with van der Waals surface area (Å²) in [5, 5.41) is 0. The maximum Gasteiger partial charge on any atom is 0.337 e. The van der Waals surface area contributed by atoms with Gasteiger partial charge >= 0.3 is 4.36 Å². The van der Waals surface area contributed by atoms with Crippen molar-refractivity contribution < 1.29 is 28.4 Å². The molecular formula is C54H38B2Br2O6. The topological polar surface area (TPSA) is 55.4 Å². The SMILES string of the molecule is BrB(Br)c1c(Oc2ccccc2)cccc1Oc1ccccc1.c1ccc(Oc2cccc(Oc3ccccc3)c2)cc1.c1ccc2c(c1)Oc1cccc3c1B2c1ccccc1O3. The van der Waals surface area contributed by atoms with E-state index in [4.69, 9.17) is 28.4 Å². The van der Waals surface area contributed by atoms with E-state index < -0.39 is 0 Å². The molecule has 10 heteroatoms. The molecule has 2 heterocycles. The first-order valence-corrected chi connectivity index (χ1v) is 22.5. The Morgan fingerprint density at radius 1 is 0.328 bits per heavy atom. The van der Waals surface area contributed by atoms with E-state index in [0.717, 1.165) is 79.9 Å². The number of fused-ring (bicyclic) bond motifs is 4. The second-order valence-corrected chi connectivity index (χ2v) is 17.5. The Balaban J connectivity index is 0.000000122. The van der Waals surface area contributed by atoms with Crippen LogP contribution in [0.25, 0.3) is 0 Å². The normalized spacial score (nSPS) is 11.2. The van der Waals surface area contributed by atoms with E-state index in [0.29, 0.717) is 0 Å². The molecule has 0 spiro atoms. The van der Waals surface area contributed by atoms with E-state index in [9.17, 15) is 0 Å². The van der Waals surface area contributed by atoms with Crippen LogP contribution in [0, 0.1) is 0 Å². The molecule has 2 aliphatic rings. The van der Waals surface area contributed by atoms with E-state index >= 15 is 0 Å². The summed E-state index contributed by atoms with van der Waals surface area (Å²) in [6, 6.07) is 74.6. The standard InChI is InChI=1S/C18H13BBr2O2.C18H11BO2.C18H14O2/c20-19(21)18-16(22-14-8-3-1-4-9-14)12-7-13-17(18)23-15-10-5-2-6-11-15;1-3-8-14-12(6-1)19-13-7-2-4-9-15(13)21-17-11-5-10-16(20-14)18(17)19;1-3-8-15(9-4-1)19-17-12-7-13-18(14-17)20-16-10-5-2-6-11-16/h1-13H;1-11H;1-14H. The Bertz CT molecular complexity index is 2760. The van der Waals surface area contributed by atoms with Gasteiger partial charge in [-0.3, -0.25) is 0 Å². The van der Waals surface area contributed by atoms with Crippen LogP contribution in [-0.2, 0) is 0 Å². The maximum absolute atomic E-state index is 6.06. The molecule has 6 nitrogen and oxygen atoms in total. The summed E-state index contributed by atoms with van der Waals surface area (Å²) in [5.41, 5.74) is 4.44. The van der Waals surface area contributed by atoms with Gasteiger partial charge in [0.15, 0.2) is 0 Å². The van der Waals surface area contributed by atoms with Gasteiger partial charge in [-0.15, -0.1) is 31.5 Å². The summed E-state index contributed by atoms with van der Waals surface area (Å²) >= 11 is 7.14. The lowest BCUT2D eigenvalue weighted by molar-refractivity contribution is 0.460. The predicted molar refractivity (Wildman–Crippen MR) is 266 cm³/mol. The second kappa shape index (κ2) is 20.4. The monoisotopic (exact) mass is 962 g/mol. The average Bonchev–Trinajstić information content (AvgIpc) is 3.33. The predicted octanol–water partition coefficient (Wildman–Crippen LogP) is 13.4. The molecule has 64 heavy (non-hydrogen) atoms. The van der Waals surface area contributed by atoms with Crippen LogP contribution in [0.4, 0.5) is 0 Å². The van der Waals surface area contributed by atoms with Gasteiger partial charge in [0, 0.05) is 17.0 Å². The van der Waals surface area contributed by atoms with Crippen molar-refractivity contribution in [1.29, 1.82) is 0 Å². The van der Waals surface area contributed by atoms with E-state index in [1.165, 1.54) is 10.9 Å². The summed E-state index contributed by atoms with van der Waals surface area (Å²) in [5.74, 6) is 9.83. The van der Waals surface area contributed by atoms with Crippen LogP contribution in [0.15, 0.2) is 231 Å². The van der Waals surface area contributed by atoms with Gasteiger partial charge in [-0.25, -0.2) is 0 Å². The fourth-order valence-corrected chi connectivity index (χ4v) is 8.23. The first-order valence-electron chi connectivity index (χ1n) is 20.6. The van der Waals surface area contributed by atoms with E-state index in [1.54, 1.807) is 0 Å². The highest BCUT2D eigenvalue weighted by atomic mass is 79.9. The number of hydrogen-bond acceptors (Lipinski definition) is 6. The summed E-state index contributed by atoms with van der Waals surface area (Å²) in [4.78, 5) is 0. The third kappa shape index (κ3) is 10.2. The van der Waals surface area contributed by atoms with Gasteiger partial charge in [0.25, 0.3) is 6.71 Å². The van der Waals surface area contributed by atoms with Crippen molar-refractivity contribution in [3.05, 3.63) is 231 Å². The van der Waals surface area contributed by atoms with Crippen molar-refractivity contribution in [1.82, 2.24) is 0 Å². The van der Waals surface area contributed by atoms with Crippen molar-refractivity contribution in [2.75, 3.05) is 0 Å². The number of benzene rings is 9. The smallest absolute Gasteiger partial charge is 0.337 e. The molecule has 9 aromatic carbocycles. The Hall–Kier alpha value is -7.13. The molecule has 0 aromatic heterocycles. The van der Waals surface area contributed by atoms with Crippen LogP contribution in [0.2, 0.25) is 0 Å². The lowest BCUT2D eigenvalue weighted by Crippen LogP contribution is -2.57. The molecule has 0 atom stereocenters. The number of hydrogen-bond donors (Lipinski definition) is 0. The zero-order valence-electron chi connectivity index (χ0n) is 34.3. The maximum atomic E-state index is 6.06. The Labute approximate surface area is 390 Å². The van der Waals surface area contributed by atoms with E-state index in [-0.39, 0.29) is 11.1 Å². The molecule has 0 unspecified atom stereocenters. The zero-order valence-corrected chi connectivity index (χ0v) is 37.5. The fraction of sp³-hybridized carbons (Fsp3) is 0. The molecule has 310 valence electrons. The lowest BCUT2D eigenvalue weighted by atomic mass is 9.35. The van der Waals surface area contributed by atoms with Gasteiger partial charge in [-0.1, -0.05) is 127 Å². The highest BCUT2D eigenvalue weighted by molar-refractivity contribution is 9.49. The molecule has 0 aliphatic carbocycles. The van der Waals surface area contributed by atoms with Gasteiger partial charge in [0.05, 0.1) is 0 Å². The van der Waals surface area contributed by atoms with Crippen molar-refractivity contribution in [3.8, 4) is 69.0 Å². The third-order valence-electron chi connectivity index (χ3n) is 10.2. The zero-order chi connectivity index (χ0) is 43.5. The minimum Gasteiger partial charge on any atom is -0.458 e. The van der Waals surface area contributed by atoms with Crippen LogP contribution in [0.5, 0.6) is 69.0 Å². The number of para-hydroxylation sites is 6. The molecule has 0 bridgehead atoms. The molecule has 11 rings (SSSR count). The highest BCUT2D eigenvalue weighted by Gasteiger charge is 2.39. The van der Waals surface area contributed by atoms with Crippen molar-refractivity contribution in [3.63, 3.8) is 0 Å². The first kappa shape index (κ1) is 42.2. The quantitative estimate of drug-likeness (QED) is 0.134. The fourth-order valence-electron chi connectivity index (χ4n) is 7.32. The molecule has 9 aromatic rings. The van der Waals surface area contributed by atoms with Crippen LogP contribution in [0.1, 0.15) is 0 Å². The molecule has 0 fully saturated rings. The molecule has 0 radical (unpaired) electrons. The van der Waals surface area contributed by atoms with Crippen LogP contribution in [-0.4, -0.2) is 11.1 Å². The molecule has 2 aliphatic heterocycles. The van der Waals surface area contributed by atoms with Crippen molar-refractivity contribution >= 4 is 64.4 Å². The largest absolute Gasteiger partial charge is 0.458 e. The van der Waals surface area contributed by atoms with Gasteiger partial charge in [0.1, 0.15) is 69.0 Å². The van der Waals surface area contributed by atoms with Gasteiger partial charge in [-0.05, 0) is 108 Å². The van der Waals surface area contributed by atoms with Crippen LogP contribution >= 0.6 is 31.5 Å². The van der Waals surface area contributed by atoms with Crippen LogP contribution in [0.3, 0.4) is 0 Å². The molecule has 0 saturated heterocycles. The molecule has 0 amide bonds. The molecule has 0 saturated carbocycles. The second-order valence-electron chi connectivity index (χ2n) is 14.5. The molecule has 0 N–H and O–H groups in total. The van der Waals surface area contributed by atoms with Crippen molar-refractivity contribution in [2.45, 2.75) is 0 Å². The highest BCUT2D eigenvalue weighted by Crippen LogP contribution is 2.34. The molecular weight excluding hydrogens is 926 g/mol. The summed E-state index contributed by atoms with van der Waals surface area (Å²) in [6.45, 7) is 0.186. The minimum atomic E-state index is -0.0892. The Morgan fingerprint density at radius 2 is 0.656 bits per heavy atom. The van der Waals surface area contributed by atoms with E-state index in [1.807, 2.05) is 206 Å². The lowest BCUT2D eigenvalue weighted by Gasteiger charge is -2.32. The minimum absolute atomic E-state index is 0.0892.